The summed E-state index contributed by atoms with van der Waals surface area (Å²) in [5.41, 5.74) is 1.95. The lowest BCUT2D eigenvalue weighted by Gasteiger charge is -2.16. The molecule has 3 heterocycles. The molecule has 2 aromatic heterocycles. The number of amides is 1. The van der Waals surface area contributed by atoms with Crippen molar-refractivity contribution < 1.29 is 4.79 Å². The number of nitrogens with one attached hydrogen (secondary N) is 1. The van der Waals surface area contributed by atoms with E-state index in [1.54, 1.807) is 17.0 Å². The molecule has 1 amide bonds. The van der Waals surface area contributed by atoms with Crippen molar-refractivity contribution >= 4 is 5.91 Å². The van der Waals surface area contributed by atoms with Crippen LogP contribution in [0.25, 0.3) is 0 Å². The summed E-state index contributed by atoms with van der Waals surface area (Å²) in [6.45, 7) is 5.13. The van der Waals surface area contributed by atoms with Crippen molar-refractivity contribution in [2.75, 3.05) is 13.1 Å². The van der Waals surface area contributed by atoms with Crippen LogP contribution in [0.3, 0.4) is 0 Å². The third kappa shape index (κ3) is 2.90. The Kier molecular flexibility index (Phi) is 3.75. The molecule has 1 atom stereocenters. The molecular formula is C16H18N4O2. The number of carbonyl (C=O) groups is 1. The number of aromatic amines is 1. The quantitative estimate of drug-likeness (QED) is 0.909. The first-order valence-corrected chi connectivity index (χ1v) is 7.34. The van der Waals surface area contributed by atoms with E-state index < -0.39 is 0 Å². The van der Waals surface area contributed by atoms with E-state index >= 15 is 0 Å². The molecule has 0 aromatic carbocycles. The minimum Gasteiger partial charge on any atom is -0.337 e. The summed E-state index contributed by atoms with van der Waals surface area (Å²) in [6, 6.07) is 6.56. The first-order valence-electron chi connectivity index (χ1n) is 7.34. The van der Waals surface area contributed by atoms with Crippen LogP contribution in [0, 0.1) is 13.8 Å². The maximum atomic E-state index is 12.4. The summed E-state index contributed by atoms with van der Waals surface area (Å²) in [5, 5.41) is 0. The zero-order chi connectivity index (χ0) is 15.7. The summed E-state index contributed by atoms with van der Waals surface area (Å²) < 4.78 is 0. The third-order valence-corrected chi connectivity index (χ3v) is 3.84. The molecule has 1 saturated heterocycles. The Hall–Kier alpha value is -2.50. The topological polar surface area (TPSA) is 79.0 Å². The lowest BCUT2D eigenvalue weighted by molar-refractivity contribution is 0.0784. The lowest BCUT2D eigenvalue weighted by Crippen LogP contribution is -2.30. The van der Waals surface area contributed by atoms with E-state index in [9.17, 15) is 9.59 Å². The number of aromatic nitrogens is 3. The van der Waals surface area contributed by atoms with Crippen LogP contribution < -0.4 is 5.56 Å². The van der Waals surface area contributed by atoms with Crippen LogP contribution in [0.15, 0.2) is 29.1 Å². The fraction of sp³-hybridized carbons (Fsp3) is 0.375. The van der Waals surface area contributed by atoms with E-state index in [4.69, 9.17) is 0 Å². The summed E-state index contributed by atoms with van der Waals surface area (Å²) in [7, 11) is 0. The zero-order valence-electron chi connectivity index (χ0n) is 12.7. The van der Waals surface area contributed by atoms with Gasteiger partial charge in [-0.3, -0.25) is 9.59 Å². The first-order chi connectivity index (χ1) is 10.5. The van der Waals surface area contributed by atoms with Gasteiger partial charge in [0.05, 0.1) is 0 Å². The van der Waals surface area contributed by atoms with E-state index in [0.717, 1.165) is 23.6 Å². The molecule has 3 rings (SSSR count). The predicted molar refractivity (Wildman–Crippen MR) is 81.8 cm³/mol. The van der Waals surface area contributed by atoms with Crippen molar-refractivity contribution in [1.82, 2.24) is 19.9 Å². The zero-order valence-corrected chi connectivity index (χ0v) is 12.7. The number of likely N-dealkylation sites (tertiary alicyclic amines) is 1. The molecule has 1 N–H and O–H groups in total. The molecule has 0 spiro atoms. The largest absolute Gasteiger partial charge is 0.337 e. The molecule has 1 aliphatic heterocycles. The van der Waals surface area contributed by atoms with Crippen LogP contribution in [0.5, 0.6) is 0 Å². The Labute approximate surface area is 128 Å². The SMILES string of the molecule is Cc1cc(C)nc([C@@H]2CCN(C(=O)c3cccc(=O)[nH]3)C2)n1. The first kappa shape index (κ1) is 14.4. The van der Waals surface area contributed by atoms with Gasteiger partial charge in [0.15, 0.2) is 0 Å². The Morgan fingerprint density at radius 2 is 2.00 bits per heavy atom. The molecule has 1 fully saturated rings. The minimum absolute atomic E-state index is 0.149. The van der Waals surface area contributed by atoms with Crippen molar-refractivity contribution in [3.05, 3.63) is 57.5 Å². The molecule has 6 nitrogen and oxygen atoms in total. The highest BCUT2D eigenvalue weighted by atomic mass is 16.2. The summed E-state index contributed by atoms with van der Waals surface area (Å²) in [6.07, 6.45) is 0.839. The van der Waals surface area contributed by atoms with Crippen molar-refractivity contribution in [3.63, 3.8) is 0 Å². The van der Waals surface area contributed by atoms with E-state index in [2.05, 4.69) is 15.0 Å². The van der Waals surface area contributed by atoms with Crippen LogP contribution in [-0.4, -0.2) is 38.8 Å². The van der Waals surface area contributed by atoms with E-state index in [1.807, 2.05) is 19.9 Å². The van der Waals surface area contributed by atoms with Gasteiger partial charge in [-0.15, -0.1) is 0 Å². The van der Waals surface area contributed by atoms with Crippen molar-refractivity contribution in [3.8, 4) is 0 Å². The molecule has 0 radical (unpaired) electrons. The van der Waals surface area contributed by atoms with Gasteiger partial charge < -0.3 is 9.88 Å². The highest BCUT2D eigenvalue weighted by Gasteiger charge is 2.30. The van der Waals surface area contributed by atoms with Gasteiger partial charge in [-0.1, -0.05) is 6.07 Å². The smallest absolute Gasteiger partial charge is 0.270 e. The summed E-state index contributed by atoms with van der Waals surface area (Å²) in [4.78, 5) is 37.1. The molecule has 6 heteroatoms. The number of H-pyrrole nitrogens is 1. The number of hydrogen-bond donors (Lipinski definition) is 1. The van der Waals surface area contributed by atoms with Crippen LogP contribution in [0.4, 0.5) is 0 Å². The number of nitrogens with zero attached hydrogens (tertiary/aromatic N) is 3. The standard InChI is InChI=1S/C16H18N4O2/c1-10-8-11(2)18-15(17-10)12-6-7-20(9-12)16(22)13-4-3-5-14(21)19-13/h3-5,8,12H,6-7,9H2,1-2H3,(H,19,21)/t12-/m1/s1. The fourth-order valence-corrected chi connectivity index (χ4v) is 2.83. The highest BCUT2D eigenvalue weighted by molar-refractivity contribution is 5.92. The summed E-state index contributed by atoms with van der Waals surface area (Å²) in [5.74, 6) is 0.803. The number of hydrogen-bond acceptors (Lipinski definition) is 4. The summed E-state index contributed by atoms with van der Waals surface area (Å²) >= 11 is 0. The molecular weight excluding hydrogens is 280 g/mol. The van der Waals surface area contributed by atoms with Gasteiger partial charge in [-0.05, 0) is 32.4 Å². The Balaban J connectivity index is 1.77. The number of aryl methyl sites for hydroxylation is 2. The Bertz CT molecular complexity index is 748. The maximum absolute atomic E-state index is 12.4. The van der Waals surface area contributed by atoms with Gasteiger partial charge in [-0.25, -0.2) is 9.97 Å². The van der Waals surface area contributed by atoms with Crippen molar-refractivity contribution in [1.29, 1.82) is 0 Å². The van der Waals surface area contributed by atoms with Crippen molar-refractivity contribution in [2.24, 2.45) is 0 Å². The minimum atomic E-state index is -0.265. The van der Waals surface area contributed by atoms with E-state index in [-0.39, 0.29) is 17.4 Å². The van der Waals surface area contributed by atoms with Crippen molar-refractivity contribution in [2.45, 2.75) is 26.2 Å². The van der Waals surface area contributed by atoms with Crippen LogP contribution in [0.1, 0.15) is 40.0 Å². The molecule has 1 aliphatic rings. The molecule has 22 heavy (non-hydrogen) atoms. The van der Waals surface area contributed by atoms with Crippen LogP contribution in [-0.2, 0) is 0 Å². The molecule has 0 saturated carbocycles. The predicted octanol–water partition coefficient (Wildman–Crippen LogP) is 1.41. The van der Waals surface area contributed by atoms with Crippen LogP contribution in [0.2, 0.25) is 0 Å². The average Bonchev–Trinajstić information content (AvgIpc) is 2.95. The normalized spacial score (nSPS) is 17.7. The Morgan fingerprint density at radius 1 is 1.27 bits per heavy atom. The maximum Gasteiger partial charge on any atom is 0.270 e. The fourth-order valence-electron chi connectivity index (χ4n) is 2.83. The number of rotatable bonds is 2. The lowest BCUT2D eigenvalue weighted by atomic mass is 10.1. The van der Waals surface area contributed by atoms with Crippen LogP contribution >= 0.6 is 0 Å². The second-order valence-electron chi connectivity index (χ2n) is 5.67. The van der Waals surface area contributed by atoms with Gasteiger partial charge in [0, 0.05) is 36.5 Å². The highest BCUT2D eigenvalue weighted by Crippen LogP contribution is 2.25. The Morgan fingerprint density at radius 3 is 2.68 bits per heavy atom. The van der Waals surface area contributed by atoms with Gasteiger partial charge in [0.25, 0.3) is 5.91 Å². The molecule has 0 aliphatic carbocycles. The van der Waals surface area contributed by atoms with E-state index in [0.29, 0.717) is 18.8 Å². The van der Waals surface area contributed by atoms with Gasteiger partial charge >= 0.3 is 0 Å². The average molecular weight is 298 g/mol. The van der Waals surface area contributed by atoms with Gasteiger partial charge in [-0.2, -0.15) is 0 Å². The monoisotopic (exact) mass is 298 g/mol. The second kappa shape index (κ2) is 5.71. The molecule has 2 aromatic rings. The van der Waals surface area contributed by atoms with Gasteiger partial charge in [0.1, 0.15) is 11.5 Å². The number of pyridine rings is 1. The van der Waals surface area contributed by atoms with Gasteiger partial charge in [0.2, 0.25) is 5.56 Å². The number of carbonyl (C=O) groups excluding carboxylic acids is 1. The van der Waals surface area contributed by atoms with E-state index in [1.165, 1.54) is 6.07 Å². The molecule has 0 bridgehead atoms. The molecule has 114 valence electrons. The molecule has 0 unspecified atom stereocenters. The third-order valence-electron chi connectivity index (χ3n) is 3.84. The second-order valence-corrected chi connectivity index (χ2v) is 5.67.